The summed E-state index contributed by atoms with van der Waals surface area (Å²) in [4.78, 5) is 33.0. The van der Waals surface area contributed by atoms with Crippen molar-refractivity contribution in [2.45, 2.75) is 35.9 Å². The van der Waals surface area contributed by atoms with Crippen molar-refractivity contribution in [3.8, 4) is 0 Å². The van der Waals surface area contributed by atoms with Crippen molar-refractivity contribution in [3.63, 3.8) is 0 Å². The molecule has 0 aromatic heterocycles. The third-order valence-corrected chi connectivity index (χ3v) is 7.68. The minimum atomic E-state index is -4.80. The van der Waals surface area contributed by atoms with E-state index in [2.05, 4.69) is 15.6 Å². The first-order chi connectivity index (χ1) is 17.1. The molecule has 6 nitrogen and oxygen atoms in total. The van der Waals surface area contributed by atoms with Crippen molar-refractivity contribution in [1.82, 2.24) is 15.5 Å². The lowest BCUT2D eigenvalue weighted by atomic mass is 9.94. The molecule has 10 heteroatoms. The number of carbonyl (C=O) groups excluding carboxylic acids is 2. The molecule has 3 aliphatic heterocycles. The van der Waals surface area contributed by atoms with Crippen molar-refractivity contribution in [2.75, 3.05) is 26.2 Å². The number of hydrogen-bond acceptors (Lipinski definition) is 5. The quantitative estimate of drug-likeness (QED) is 0.608. The smallest absolute Gasteiger partial charge is 0.367 e. The molecular formula is C26H25F3N4O2S. The maximum Gasteiger partial charge on any atom is 0.435 e. The van der Waals surface area contributed by atoms with Crippen LogP contribution in [0, 0.1) is 19.8 Å². The number of nitrogens with zero attached hydrogens (tertiary/aromatic N) is 2. The Morgan fingerprint density at radius 2 is 1.64 bits per heavy atom. The molecule has 0 saturated carbocycles. The Bertz CT molecular complexity index is 1250. The maximum absolute atomic E-state index is 13.7. The van der Waals surface area contributed by atoms with Gasteiger partial charge in [-0.2, -0.15) is 13.2 Å². The van der Waals surface area contributed by atoms with Crippen LogP contribution in [0.3, 0.4) is 0 Å². The fraction of sp³-hybridized carbons (Fsp3) is 0.346. The first kappa shape index (κ1) is 24.6. The minimum Gasteiger partial charge on any atom is -0.367 e. The molecule has 0 aliphatic carbocycles. The van der Waals surface area contributed by atoms with Crippen molar-refractivity contribution in [3.05, 3.63) is 70.4 Å². The number of benzene rings is 2. The average molecular weight is 515 g/mol. The van der Waals surface area contributed by atoms with Gasteiger partial charge in [0.05, 0.1) is 11.7 Å². The number of dihydropyridines is 1. The molecule has 0 spiro atoms. The summed E-state index contributed by atoms with van der Waals surface area (Å²) in [7, 11) is 0. The Hall–Kier alpha value is -3.11. The standard InChI is InChI=1S/C26H25F3N4O2S/c1-14-3-5-16-20(11-14)36-21-12-15(2)4-6-17(21)22(16)31-24(34)18-13-19(33-9-7-30-8-10-33)23(26(27,28)29)32-25(18)35/h3-6,11-13,18,22,30H,7-10H2,1-2H3,(H,31,34). The fourth-order valence-corrected chi connectivity index (χ4v) is 6.05. The number of alkyl halides is 3. The van der Waals surface area contributed by atoms with E-state index in [1.165, 1.54) is 4.90 Å². The van der Waals surface area contributed by atoms with Gasteiger partial charge in [0.1, 0.15) is 5.92 Å². The van der Waals surface area contributed by atoms with Crippen LogP contribution in [0.15, 0.2) is 63.0 Å². The van der Waals surface area contributed by atoms with Crippen LogP contribution in [0.25, 0.3) is 0 Å². The number of hydrogen-bond donors (Lipinski definition) is 2. The largest absolute Gasteiger partial charge is 0.435 e. The zero-order valence-corrected chi connectivity index (χ0v) is 20.6. The van der Waals surface area contributed by atoms with Crippen LogP contribution >= 0.6 is 11.8 Å². The van der Waals surface area contributed by atoms with Crippen LogP contribution < -0.4 is 10.6 Å². The second-order valence-electron chi connectivity index (χ2n) is 9.19. The fourth-order valence-electron chi connectivity index (χ4n) is 4.71. The lowest BCUT2D eigenvalue weighted by Gasteiger charge is -2.35. The predicted octanol–water partition coefficient (Wildman–Crippen LogP) is 3.92. The molecule has 0 radical (unpaired) electrons. The predicted molar refractivity (Wildman–Crippen MR) is 131 cm³/mol. The van der Waals surface area contributed by atoms with Crippen molar-refractivity contribution in [2.24, 2.45) is 10.9 Å². The molecule has 1 atom stereocenters. The van der Waals surface area contributed by atoms with Gasteiger partial charge in [-0.1, -0.05) is 36.0 Å². The third-order valence-electron chi connectivity index (χ3n) is 6.53. The number of aliphatic imine (C=N–C) groups is 1. The van der Waals surface area contributed by atoms with Gasteiger partial charge in [-0.25, -0.2) is 4.99 Å². The summed E-state index contributed by atoms with van der Waals surface area (Å²) in [5.41, 5.74) is 2.45. The molecule has 3 heterocycles. The Morgan fingerprint density at radius 1 is 1.06 bits per heavy atom. The number of aryl methyl sites for hydroxylation is 2. The molecule has 1 unspecified atom stereocenters. The van der Waals surface area contributed by atoms with Gasteiger partial charge >= 0.3 is 6.18 Å². The van der Waals surface area contributed by atoms with E-state index in [-0.39, 0.29) is 5.70 Å². The van der Waals surface area contributed by atoms with Crippen molar-refractivity contribution < 1.29 is 22.8 Å². The number of nitrogens with one attached hydrogen (secondary N) is 2. The van der Waals surface area contributed by atoms with E-state index >= 15 is 0 Å². The summed E-state index contributed by atoms with van der Waals surface area (Å²) in [6.07, 6.45) is -3.68. The number of amides is 2. The first-order valence-electron chi connectivity index (χ1n) is 11.7. The summed E-state index contributed by atoms with van der Waals surface area (Å²) < 4.78 is 41.2. The van der Waals surface area contributed by atoms with Crippen molar-refractivity contribution in [1.29, 1.82) is 0 Å². The van der Waals surface area contributed by atoms with Crippen LogP contribution in [-0.4, -0.2) is 54.8 Å². The van der Waals surface area contributed by atoms with Gasteiger partial charge in [-0.15, -0.1) is 0 Å². The van der Waals surface area contributed by atoms with E-state index in [1.807, 2.05) is 50.2 Å². The molecule has 1 fully saturated rings. The monoisotopic (exact) mass is 514 g/mol. The molecule has 2 N–H and O–H groups in total. The summed E-state index contributed by atoms with van der Waals surface area (Å²) in [5.74, 6) is -3.23. The zero-order valence-electron chi connectivity index (χ0n) is 19.8. The van der Waals surface area contributed by atoms with Crippen LogP contribution in [0.5, 0.6) is 0 Å². The summed E-state index contributed by atoms with van der Waals surface area (Å²) >= 11 is 1.61. The SMILES string of the molecule is Cc1ccc2c(c1)Sc1cc(C)ccc1C2NC(=O)C1C=C(N2CCNCC2)C(C(F)(F)F)=NC1=O. The first-order valence-corrected chi connectivity index (χ1v) is 12.5. The molecule has 1 saturated heterocycles. The second kappa shape index (κ2) is 9.40. The number of rotatable bonds is 3. The molecule has 2 aromatic rings. The van der Waals surface area contributed by atoms with Gasteiger partial charge in [0, 0.05) is 36.0 Å². The van der Waals surface area contributed by atoms with Crippen molar-refractivity contribution >= 4 is 29.3 Å². The highest BCUT2D eigenvalue weighted by Gasteiger charge is 2.45. The zero-order chi connectivity index (χ0) is 25.6. The van der Waals surface area contributed by atoms with Crippen LogP contribution in [0.4, 0.5) is 13.2 Å². The Labute approximate surface area is 211 Å². The summed E-state index contributed by atoms with van der Waals surface area (Å²) in [6.45, 7) is 5.61. The Kier molecular flexibility index (Phi) is 6.42. The molecule has 188 valence electrons. The molecule has 5 rings (SSSR count). The van der Waals surface area contributed by atoms with Gasteiger partial charge in [-0.3, -0.25) is 9.59 Å². The molecule has 3 aliphatic rings. The molecule has 2 aromatic carbocycles. The van der Waals surface area contributed by atoms with Gasteiger partial charge in [0.2, 0.25) is 5.91 Å². The number of carbonyl (C=O) groups is 2. The molecule has 2 amide bonds. The average Bonchev–Trinajstić information content (AvgIpc) is 2.83. The lowest BCUT2D eigenvalue weighted by molar-refractivity contribution is -0.132. The Morgan fingerprint density at radius 3 is 2.19 bits per heavy atom. The highest BCUT2D eigenvalue weighted by molar-refractivity contribution is 7.99. The topological polar surface area (TPSA) is 73.8 Å². The number of allylic oxidation sites excluding steroid dienone is 1. The third kappa shape index (κ3) is 4.67. The van der Waals surface area contributed by atoms with Crippen LogP contribution in [0.1, 0.15) is 28.3 Å². The van der Waals surface area contributed by atoms with E-state index in [1.54, 1.807) is 11.8 Å². The van der Waals surface area contributed by atoms with Crippen LogP contribution in [0.2, 0.25) is 0 Å². The normalized spacial score (nSPS) is 20.3. The highest BCUT2D eigenvalue weighted by Crippen LogP contribution is 2.45. The number of fused-ring (bicyclic) bond motifs is 2. The van der Waals surface area contributed by atoms with E-state index in [9.17, 15) is 22.8 Å². The summed E-state index contributed by atoms with van der Waals surface area (Å²) in [6, 6.07) is 11.3. The van der Waals surface area contributed by atoms with E-state index in [0.29, 0.717) is 26.2 Å². The van der Waals surface area contributed by atoms with E-state index < -0.39 is 35.7 Å². The Balaban J connectivity index is 1.50. The van der Waals surface area contributed by atoms with E-state index in [0.717, 1.165) is 38.1 Å². The molecule has 36 heavy (non-hydrogen) atoms. The maximum atomic E-state index is 13.7. The highest BCUT2D eigenvalue weighted by atomic mass is 32.2. The lowest BCUT2D eigenvalue weighted by Crippen LogP contribution is -2.49. The van der Waals surface area contributed by atoms with Crippen LogP contribution in [-0.2, 0) is 9.59 Å². The second-order valence-corrected chi connectivity index (χ2v) is 10.3. The minimum absolute atomic E-state index is 0.213. The van der Waals surface area contributed by atoms with Gasteiger partial charge in [0.15, 0.2) is 5.71 Å². The number of halogens is 3. The number of piperazine rings is 1. The molecular weight excluding hydrogens is 489 g/mol. The van der Waals surface area contributed by atoms with E-state index in [4.69, 9.17) is 0 Å². The molecule has 0 bridgehead atoms. The van der Waals surface area contributed by atoms with Gasteiger partial charge in [0.25, 0.3) is 5.91 Å². The van der Waals surface area contributed by atoms with Gasteiger partial charge in [-0.05, 0) is 54.3 Å². The van der Waals surface area contributed by atoms with Gasteiger partial charge < -0.3 is 15.5 Å². The summed E-state index contributed by atoms with van der Waals surface area (Å²) in [5, 5.41) is 6.04.